The second-order valence-corrected chi connectivity index (χ2v) is 4.89. The Kier molecular flexibility index (Phi) is 3.15. The van der Waals surface area contributed by atoms with Gasteiger partial charge in [-0.15, -0.1) is 0 Å². The van der Waals surface area contributed by atoms with E-state index < -0.39 is 0 Å². The van der Waals surface area contributed by atoms with Crippen LogP contribution >= 0.6 is 0 Å². The minimum atomic E-state index is -0.0594. The first-order valence-corrected chi connectivity index (χ1v) is 6.53. The highest BCUT2D eigenvalue weighted by molar-refractivity contribution is 6.01. The van der Waals surface area contributed by atoms with Gasteiger partial charge in [-0.05, 0) is 12.1 Å². The van der Waals surface area contributed by atoms with Gasteiger partial charge in [-0.3, -0.25) is 9.48 Å². The van der Waals surface area contributed by atoms with Gasteiger partial charge >= 0.3 is 0 Å². The van der Waals surface area contributed by atoms with Gasteiger partial charge in [0, 0.05) is 25.4 Å². The van der Waals surface area contributed by atoms with Crippen LogP contribution in [0.25, 0.3) is 0 Å². The number of aryl methyl sites for hydroxylation is 1. The number of nitrogens with two attached hydrogens (primary N) is 1. The highest BCUT2D eigenvalue weighted by Crippen LogP contribution is 2.34. The molecule has 0 radical (unpaired) electrons. The van der Waals surface area contributed by atoms with Crippen LogP contribution in [0, 0.1) is 0 Å². The zero-order valence-electron chi connectivity index (χ0n) is 11.3. The van der Waals surface area contributed by atoms with Crippen LogP contribution in [0.2, 0.25) is 0 Å². The molecule has 3 N–H and O–H groups in total. The number of para-hydroxylation sites is 2. The molecular weight excluding hydrogens is 254 g/mol. The van der Waals surface area contributed by atoms with Crippen LogP contribution in [-0.2, 0) is 11.8 Å². The van der Waals surface area contributed by atoms with Gasteiger partial charge in [0.15, 0.2) is 0 Å². The third kappa shape index (κ3) is 2.14. The number of carbonyl (C=O) groups excluding carboxylic acids is 1. The fourth-order valence-corrected chi connectivity index (χ4v) is 2.59. The summed E-state index contributed by atoms with van der Waals surface area (Å²) in [5.74, 6) is -0.0222. The molecule has 0 aliphatic carbocycles. The van der Waals surface area contributed by atoms with Crippen molar-refractivity contribution in [3.8, 4) is 0 Å². The molecule has 6 heteroatoms. The monoisotopic (exact) mass is 271 g/mol. The summed E-state index contributed by atoms with van der Waals surface area (Å²) in [4.78, 5) is 13.9. The zero-order valence-corrected chi connectivity index (χ0v) is 11.3. The SMILES string of the molecule is Cn1cc(C(CN)N2CC(=O)Nc3ccccc32)cn1. The second kappa shape index (κ2) is 4.97. The van der Waals surface area contributed by atoms with Gasteiger partial charge in [-0.1, -0.05) is 12.1 Å². The number of nitrogens with zero attached hydrogens (tertiary/aromatic N) is 3. The van der Waals surface area contributed by atoms with Crippen LogP contribution in [0.3, 0.4) is 0 Å². The predicted octanol–water partition coefficient (Wildman–Crippen LogP) is 0.879. The van der Waals surface area contributed by atoms with Crippen LogP contribution in [0.4, 0.5) is 11.4 Å². The Morgan fingerprint density at radius 3 is 2.95 bits per heavy atom. The number of carbonyl (C=O) groups is 1. The lowest BCUT2D eigenvalue weighted by Gasteiger charge is -2.36. The average molecular weight is 271 g/mol. The topological polar surface area (TPSA) is 76.2 Å². The Labute approximate surface area is 117 Å². The number of amides is 1. The number of anilines is 2. The lowest BCUT2D eigenvalue weighted by Crippen LogP contribution is -2.43. The van der Waals surface area contributed by atoms with Gasteiger partial charge in [0.25, 0.3) is 0 Å². The van der Waals surface area contributed by atoms with E-state index in [0.29, 0.717) is 13.1 Å². The lowest BCUT2D eigenvalue weighted by atomic mass is 10.1. The van der Waals surface area contributed by atoms with Crippen LogP contribution in [0.1, 0.15) is 11.6 Å². The maximum absolute atomic E-state index is 11.9. The fraction of sp³-hybridized carbons (Fsp3) is 0.286. The minimum Gasteiger partial charge on any atom is -0.352 e. The van der Waals surface area contributed by atoms with Crippen molar-refractivity contribution < 1.29 is 4.79 Å². The third-order valence-corrected chi connectivity index (χ3v) is 3.51. The summed E-state index contributed by atoms with van der Waals surface area (Å²) >= 11 is 0. The van der Waals surface area contributed by atoms with Gasteiger partial charge in [0.2, 0.25) is 5.91 Å². The summed E-state index contributed by atoms with van der Waals surface area (Å²) in [5.41, 5.74) is 8.77. The molecule has 2 heterocycles. The molecule has 1 aliphatic rings. The molecular formula is C14H17N5O. The van der Waals surface area contributed by atoms with Gasteiger partial charge in [0.1, 0.15) is 0 Å². The van der Waals surface area contributed by atoms with Crippen molar-refractivity contribution in [1.82, 2.24) is 9.78 Å². The Hall–Kier alpha value is -2.34. The highest BCUT2D eigenvalue weighted by atomic mass is 16.2. The maximum atomic E-state index is 11.9. The van der Waals surface area contributed by atoms with Crippen LogP contribution in [0.5, 0.6) is 0 Å². The summed E-state index contributed by atoms with van der Waals surface area (Å²) in [5, 5.41) is 7.07. The van der Waals surface area contributed by atoms with Crippen molar-refractivity contribution in [2.75, 3.05) is 23.3 Å². The Morgan fingerprint density at radius 2 is 2.25 bits per heavy atom. The zero-order chi connectivity index (χ0) is 14.1. The molecule has 0 spiro atoms. The van der Waals surface area contributed by atoms with Crippen LogP contribution in [-0.4, -0.2) is 28.8 Å². The van der Waals surface area contributed by atoms with Crippen LogP contribution in [0.15, 0.2) is 36.7 Å². The molecule has 1 atom stereocenters. The molecule has 1 aromatic carbocycles. The minimum absolute atomic E-state index is 0.0222. The number of benzene rings is 1. The number of hydrogen-bond donors (Lipinski definition) is 2. The molecule has 0 saturated carbocycles. The predicted molar refractivity (Wildman–Crippen MR) is 77.4 cm³/mol. The summed E-state index contributed by atoms with van der Waals surface area (Å²) in [6, 6.07) is 7.70. The molecule has 1 amide bonds. The smallest absolute Gasteiger partial charge is 0.243 e. The Morgan fingerprint density at radius 1 is 1.45 bits per heavy atom. The first kappa shape index (κ1) is 12.7. The molecule has 3 rings (SSSR count). The number of fused-ring (bicyclic) bond motifs is 1. The van der Waals surface area contributed by atoms with Crippen LogP contribution < -0.4 is 16.0 Å². The molecule has 20 heavy (non-hydrogen) atoms. The molecule has 1 aliphatic heterocycles. The van der Waals surface area contributed by atoms with E-state index in [1.807, 2.05) is 42.4 Å². The van der Waals surface area contributed by atoms with Crippen molar-refractivity contribution >= 4 is 17.3 Å². The number of rotatable bonds is 3. The number of aromatic nitrogens is 2. The molecule has 104 valence electrons. The first-order valence-electron chi connectivity index (χ1n) is 6.53. The summed E-state index contributed by atoms with van der Waals surface area (Å²) < 4.78 is 1.74. The molecule has 6 nitrogen and oxygen atoms in total. The summed E-state index contributed by atoms with van der Waals surface area (Å²) in [7, 11) is 1.87. The van der Waals surface area contributed by atoms with Crippen molar-refractivity contribution in [2.45, 2.75) is 6.04 Å². The number of nitrogens with one attached hydrogen (secondary N) is 1. The normalized spacial score (nSPS) is 15.7. The van der Waals surface area contributed by atoms with Crippen molar-refractivity contribution in [3.05, 3.63) is 42.2 Å². The van der Waals surface area contributed by atoms with E-state index in [-0.39, 0.29) is 11.9 Å². The lowest BCUT2D eigenvalue weighted by molar-refractivity contribution is -0.115. The average Bonchev–Trinajstić information content (AvgIpc) is 2.86. The number of hydrogen-bond acceptors (Lipinski definition) is 4. The van der Waals surface area contributed by atoms with E-state index in [2.05, 4.69) is 10.4 Å². The second-order valence-electron chi connectivity index (χ2n) is 4.89. The van der Waals surface area contributed by atoms with E-state index in [0.717, 1.165) is 16.9 Å². The van der Waals surface area contributed by atoms with E-state index in [9.17, 15) is 4.79 Å². The fourth-order valence-electron chi connectivity index (χ4n) is 2.59. The standard InChI is InChI=1S/C14H17N5O/c1-18-8-10(7-16-18)13(6-15)19-9-14(20)17-11-4-2-3-5-12(11)19/h2-5,7-8,13H,6,9,15H2,1H3,(H,17,20). The van der Waals surface area contributed by atoms with Crippen molar-refractivity contribution in [3.63, 3.8) is 0 Å². The summed E-state index contributed by atoms with van der Waals surface area (Å²) in [6.45, 7) is 0.723. The molecule has 1 unspecified atom stereocenters. The van der Waals surface area contributed by atoms with E-state index in [1.54, 1.807) is 10.9 Å². The van der Waals surface area contributed by atoms with E-state index >= 15 is 0 Å². The molecule has 0 fully saturated rings. The maximum Gasteiger partial charge on any atom is 0.243 e. The highest BCUT2D eigenvalue weighted by Gasteiger charge is 2.28. The molecule has 0 saturated heterocycles. The summed E-state index contributed by atoms with van der Waals surface area (Å²) in [6.07, 6.45) is 3.74. The van der Waals surface area contributed by atoms with Gasteiger partial charge in [0.05, 0.1) is 30.2 Å². The van der Waals surface area contributed by atoms with E-state index in [4.69, 9.17) is 5.73 Å². The van der Waals surface area contributed by atoms with Gasteiger partial charge in [-0.2, -0.15) is 5.10 Å². The third-order valence-electron chi connectivity index (χ3n) is 3.51. The quantitative estimate of drug-likeness (QED) is 0.869. The van der Waals surface area contributed by atoms with Gasteiger partial charge < -0.3 is 16.0 Å². The Balaban J connectivity index is 2.02. The van der Waals surface area contributed by atoms with E-state index in [1.165, 1.54) is 0 Å². The molecule has 1 aromatic heterocycles. The Bertz CT molecular complexity index is 636. The molecule has 0 bridgehead atoms. The van der Waals surface area contributed by atoms with Crippen molar-refractivity contribution in [2.24, 2.45) is 12.8 Å². The molecule has 2 aromatic rings. The van der Waals surface area contributed by atoms with Crippen molar-refractivity contribution in [1.29, 1.82) is 0 Å². The first-order chi connectivity index (χ1) is 9.69. The van der Waals surface area contributed by atoms with Gasteiger partial charge in [-0.25, -0.2) is 0 Å². The largest absolute Gasteiger partial charge is 0.352 e.